The van der Waals surface area contributed by atoms with Crippen LogP contribution in [0.3, 0.4) is 0 Å². The molecule has 35 heavy (non-hydrogen) atoms. The first kappa shape index (κ1) is 23.8. The van der Waals surface area contributed by atoms with Crippen LogP contribution in [-0.2, 0) is 11.3 Å². The molecule has 6 nitrogen and oxygen atoms in total. The number of anilines is 1. The van der Waals surface area contributed by atoms with Crippen molar-refractivity contribution in [2.24, 2.45) is 5.92 Å². The van der Waals surface area contributed by atoms with Crippen molar-refractivity contribution in [2.45, 2.75) is 58.4 Å². The summed E-state index contributed by atoms with van der Waals surface area (Å²) in [5.74, 6) is 0.702. The smallest absolute Gasteiger partial charge is 0.273 e. The molecule has 3 heterocycles. The Morgan fingerprint density at radius 2 is 2.03 bits per heavy atom. The second kappa shape index (κ2) is 10.8. The Morgan fingerprint density at radius 3 is 2.83 bits per heavy atom. The number of piperidine rings is 1. The van der Waals surface area contributed by atoms with Gasteiger partial charge in [0.1, 0.15) is 4.70 Å². The van der Waals surface area contributed by atoms with Gasteiger partial charge in [-0.25, -0.2) is 4.98 Å². The molecule has 0 bridgehead atoms. The lowest BCUT2D eigenvalue weighted by atomic mass is 9.96. The highest BCUT2D eigenvalue weighted by molar-refractivity contribution is 7.17. The molecule has 0 spiro atoms. The number of hydrogen-bond acceptors (Lipinski definition) is 5. The molecule has 7 heteroatoms. The van der Waals surface area contributed by atoms with Crippen molar-refractivity contribution in [1.82, 2.24) is 14.9 Å². The van der Waals surface area contributed by atoms with E-state index in [0.29, 0.717) is 30.3 Å². The lowest BCUT2D eigenvalue weighted by Crippen LogP contribution is -2.45. The third-order valence-corrected chi connectivity index (χ3v) is 8.10. The van der Waals surface area contributed by atoms with Gasteiger partial charge < -0.3 is 10.2 Å². The number of aryl methyl sites for hydroxylation is 1. The summed E-state index contributed by atoms with van der Waals surface area (Å²) in [6.45, 7) is 4.62. The van der Waals surface area contributed by atoms with Crippen LogP contribution in [0.25, 0.3) is 10.2 Å². The molecule has 0 radical (unpaired) electrons. The van der Waals surface area contributed by atoms with Gasteiger partial charge in [-0.1, -0.05) is 41.5 Å². The van der Waals surface area contributed by atoms with Crippen LogP contribution in [0.1, 0.15) is 56.1 Å². The van der Waals surface area contributed by atoms with E-state index in [9.17, 15) is 9.59 Å². The number of allylic oxidation sites excluding steroid dienone is 1. The maximum absolute atomic E-state index is 13.5. The van der Waals surface area contributed by atoms with E-state index in [4.69, 9.17) is 4.98 Å². The van der Waals surface area contributed by atoms with Crippen molar-refractivity contribution in [1.29, 1.82) is 0 Å². The van der Waals surface area contributed by atoms with Gasteiger partial charge >= 0.3 is 0 Å². The summed E-state index contributed by atoms with van der Waals surface area (Å²) in [7, 11) is 0. The Balaban J connectivity index is 1.34. The van der Waals surface area contributed by atoms with Crippen molar-refractivity contribution in [3.05, 3.63) is 68.8 Å². The highest BCUT2D eigenvalue weighted by atomic mass is 32.1. The van der Waals surface area contributed by atoms with E-state index in [1.807, 2.05) is 11.4 Å². The summed E-state index contributed by atoms with van der Waals surface area (Å²) in [5, 5.41) is 5.10. The molecule has 1 fully saturated rings. The summed E-state index contributed by atoms with van der Waals surface area (Å²) in [4.78, 5) is 33.5. The van der Waals surface area contributed by atoms with E-state index in [-0.39, 0.29) is 17.4 Å². The quantitative estimate of drug-likeness (QED) is 0.471. The fourth-order valence-electron chi connectivity index (χ4n) is 5.19. The summed E-state index contributed by atoms with van der Waals surface area (Å²) in [6.07, 6.45) is 9.97. The normalized spacial score (nSPS) is 18.5. The minimum atomic E-state index is -0.0908. The summed E-state index contributed by atoms with van der Waals surface area (Å²) in [6, 6.07) is 10.2. The third kappa shape index (κ3) is 5.50. The Hall–Kier alpha value is -2.93. The Kier molecular flexibility index (Phi) is 7.32. The van der Waals surface area contributed by atoms with Crippen LogP contribution in [0.15, 0.2) is 52.2 Å². The number of carbonyl (C=O) groups excluding carboxylic acids is 1. The Morgan fingerprint density at radius 1 is 1.17 bits per heavy atom. The van der Waals surface area contributed by atoms with E-state index in [2.05, 4.69) is 47.5 Å². The molecule has 184 valence electrons. The van der Waals surface area contributed by atoms with Gasteiger partial charge in [-0.2, -0.15) is 0 Å². The number of benzene rings is 1. The number of aromatic nitrogens is 2. The topological polar surface area (TPSA) is 67.2 Å². The monoisotopic (exact) mass is 490 g/mol. The van der Waals surface area contributed by atoms with Crippen LogP contribution in [-0.4, -0.2) is 35.1 Å². The highest BCUT2D eigenvalue weighted by Crippen LogP contribution is 2.25. The van der Waals surface area contributed by atoms with Crippen molar-refractivity contribution < 1.29 is 4.79 Å². The molecular formula is C28H34N4O2S. The highest BCUT2D eigenvalue weighted by Gasteiger charge is 2.28. The third-order valence-electron chi connectivity index (χ3n) is 7.21. The zero-order valence-electron chi connectivity index (χ0n) is 20.5. The molecule has 1 amide bonds. The molecule has 1 aromatic carbocycles. The first-order valence-electron chi connectivity index (χ1n) is 12.8. The van der Waals surface area contributed by atoms with Gasteiger partial charge in [-0.05, 0) is 68.9 Å². The molecule has 3 aromatic rings. The Labute approximate surface area is 210 Å². The fraction of sp³-hybridized carbons (Fsp3) is 0.464. The second-order valence-corrected chi connectivity index (χ2v) is 10.8. The Bertz CT molecular complexity index is 1270. The number of fused-ring (bicyclic) bond motifs is 1. The molecule has 1 aliphatic heterocycles. The first-order chi connectivity index (χ1) is 17.1. The predicted octanol–water partition coefficient (Wildman–Crippen LogP) is 5.04. The van der Waals surface area contributed by atoms with Crippen molar-refractivity contribution in [2.75, 3.05) is 24.5 Å². The van der Waals surface area contributed by atoms with Crippen LogP contribution >= 0.6 is 11.3 Å². The molecule has 2 aliphatic rings. The number of thiophene rings is 1. The van der Waals surface area contributed by atoms with Gasteiger partial charge in [0, 0.05) is 19.6 Å². The molecule has 0 unspecified atom stereocenters. The van der Waals surface area contributed by atoms with Crippen LogP contribution in [0.5, 0.6) is 0 Å². The molecule has 1 N–H and O–H groups in total. The average Bonchev–Trinajstić information content (AvgIpc) is 3.37. The van der Waals surface area contributed by atoms with E-state index >= 15 is 0 Å². The summed E-state index contributed by atoms with van der Waals surface area (Å²) < 4.78 is 2.48. The molecule has 0 saturated carbocycles. The lowest BCUT2D eigenvalue weighted by Gasteiger charge is -2.34. The van der Waals surface area contributed by atoms with Crippen molar-refractivity contribution in [3.63, 3.8) is 0 Å². The molecule has 1 atom stereocenters. The van der Waals surface area contributed by atoms with E-state index < -0.39 is 0 Å². The van der Waals surface area contributed by atoms with Gasteiger partial charge in [0.25, 0.3) is 5.56 Å². The minimum Gasteiger partial charge on any atom is -0.355 e. The van der Waals surface area contributed by atoms with Crippen molar-refractivity contribution in [3.8, 4) is 0 Å². The lowest BCUT2D eigenvalue weighted by molar-refractivity contribution is -0.125. The van der Waals surface area contributed by atoms with Gasteiger partial charge in [0.15, 0.2) is 0 Å². The average molecular weight is 491 g/mol. The van der Waals surface area contributed by atoms with Crippen LogP contribution < -0.4 is 15.8 Å². The fourth-order valence-corrected chi connectivity index (χ4v) is 5.97. The van der Waals surface area contributed by atoms with E-state index in [1.54, 1.807) is 4.57 Å². The summed E-state index contributed by atoms with van der Waals surface area (Å²) in [5.41, 5.74) is 4.48. The molecule has 1 saturated heterocycles. The maximum atomic E-state index is 13.5. The summed E-state index contributed by atoms with van der Waals surface area (Å²) >= 11 is 1.44. The van der Waals surface area contributed by atoms with Crippen LogP contribution in [0.2, 0.25) is 0 Å². The number of hydrogen-bond donors (Lipinski definition) is 1. The van der Waals surface area contributed by atoms with Gasteiger partial charge in [-0.15, -0.1) is 11.3 Å². The van der Waals surface area contributed by atoms with Gasteiger partial charge in [-0.3, -0.25) is 14.2 Å². The number of nitrogens with one attached hydrogen (secondary N) is 1. The van der Waals surface area contributed by atoms with E-state index in [1.165, 1.54) is 48.2 Å². The number of carbonyl (C=O) groups is 1. The number of amides is 1. The maximum Gasteiger partial charge on any atom is 0.273 e. The minimum absolute atomic E-state index is 0.00657. The molecule has 5 rings (SSSR count). The number of nitrogens with zero attached hydrogens (tertiary/aromatic N) is 3. The SMILES string of the molecule is Cc1ccc(Cn2c(N3CCC[C@H](C(=O)NCCC4=CCCCC4)C3)nc3ccsc3c2=O)cc1. The van der Waals surface area contributed by atoms with Crippen LogP contribution in [0, 0.1) is 12.8 Å². The van der Waals surface area contributed by atoms with Gasteiger partial charge in [0.2, 0.25) is 11.9 Å². The molecular weight excluding hydrogens is 456 g/mol. The standard InChI is InChI=1S/C28H34N4O2S/c1-20-9-11-22(12-10-20)18-32-27(34)25-24(14-17-35-25)30-28(32)31-16-5-8-23(19-31)26(33)29-15-13-21-6-3-2-4-7-21/h6,9-12,14,17,23H,2-5,7-8,13,15-16,18-19H2,1H3,(H,29,33)/t23-/m0/s1. The zero-order valence-corrected chi connectivity index (χ0v) is 21.3. The van der Waals surface area contributed by atoms with Gasteiger partial charge in [0.05, 0.1) is 18.0 Å². The molecule has 1 aliphatic carbocycles. The zero-order chi connectivity index (χ0) is 24.2. The molecule has 2 aromatic heterocycles. The van der Waals surface area contributed by atoms with Crippen LogP contribution in [0.4, 0.5) is 5.95 Å². The van der Waals surface area contributed by atoms with Crippen molar-refractivity contribution >= 4 is 33.4 Å². The van der Waals surface area contributed by atoms with E-state index in [0.717, 1.165) is 36.9 Å². The first-order valence-corrected chi connectivity index (χ1v) is 13.7. The predicted molar refractivity (Wildman–Crippen MR) is 143 cm³/mol. The largest absolute Gasteiger partial charge is 0.355 e. The second-order valence-electron chi connectivity index (χ2n) is 9.86. The number of rotatable bonds is 7.